The van der Waals surface area contributed by atoms with Gasteiger partial charge in [0.05, 0.1) is 17.7 Å². The first-order valence-corrected chi connectivity index (χ1v) is 9.03. The largest absolute Gasteiger partial charge is 0.496 e. The van der Waals surface area contributed by atoms with Crippen LogP contribution in [0.2, 0.25) is 0 Å². The molecule has 1 heterocycles. The highest BCUT2D eigenvalue weighted by molar-refractivity contribution is 5.74. The summed E-state index contributed by atoms with van der Waals surface area (Å²) in [4.78, 5) is 22.0. The highest BCUT2D eigenvalue weighted by Gasteiger charge is 2.16. The van der Waals surface area contributed by atoms with Crippen molar-refractivity contribution in [2.75, 3.05) is 7.11 Å². The number of nitrogens with zero attached hydrogens (tertiary/aromatic N) is 3. The average Bonchev–Trinajstić information content (AvgIpc) is 2.94. The second-order valence-electron chi connectivity index (χ2n) is 6.79. The van der Waals surface area contributed by atoms with Gasteiger partial charge in [-0.05, 0) is 37.1 Å². The highest BCUT2D eigenvalue weighted by Crippen LogP contribution is 2.33. The number of nitro benzene ring substituents is 1. The monoisotopic (exact) mass is 394 g/mol. The third-order valence-electron chi connectivity index (χ3n) is 4.85. The van der Waals surface area contributed by atoms with Crippen LogP contribution in [0.4, 0.5) is 5.69 Å². The number of hydrogen-bond donors (Lipinski definition) is 1. The van der Waals surface area contributed by atoms with Gasteiger partial charge < -0.3 is 10.5 Å². The number of amides is 1. The zero-order valence-corrected chi connectivity index (χ0v) is 16.5. The lowest BCUT2D eigenvalue weighted by Crippen LogP contribution is -2.20. The first-order chi connectivity index (χ1) is 13.8. The summed E-state index contributed by atoms with van der Waals surface area (Å²) in [5.74, 6) is 0.187. The zero-order valence-electron chi connectivity index (χ0n) is 16.5. The molecular weight excluding hydrogens is 372 g/mol. The van der Waals surface area contributed by atoms with E-state index in [4.69, 9.17) is 10.5 Å². The highest BCUT2D eigenvalue weighted by atomic mass is 16.6. The molecule has 150 valence electrons. The van der Waals surface area contributed by atoms with Gasteiger partial charge in [-0.3, -0.25) is 19.6 Å². The summed E-state index contributed by atoms with van der Waals surface area (Å²) in [6, 6.07) is 12.2. The number of nitrogens with two attached hydrogens (primary N) is 1. The normalized spacial score (nSPS) is 10.7. The molecule has 3 aromatic rings. The van der Waals surface area contributed by atoms with Crippen LogP contribution in [0.5, 0.6) is 5.75 Å². The van der Waals surface area contributed by atoms with E-state index in [2.05, 4.69) is 5.10 Å². The average molecular weight is 394 g/mol. The van der Waals surface area contributed by atoms with Crippen molar-refractivity contribution in [3.8, 4) is 16.9 Å². The molecule has 0 aliphatic rings. The summed E-state index contributed by atoms with van der Waals surface area (Å²) in [6.07, 6.45) is 0.600. The van der Waals surface area contributed by atoms with Gasteiger partial charge in [0.15, 0.2) is 0 Å². The number of hydrogen-bond acceptors (Lipinski definition) is 5. The van der Waals surface area contributed by atoms with Crippen molar-refractivity contribution in [3.63, 3.8) is 0 Å². The van der Waals surface area contributed by atoms with Crippen LogP contribution in [0.15, 0.2) is 42.5 Å². The molecule has 0 radical (unpaired) electrons. The lowest BCUT2D eigenvalue weighted by atomic mass is 9.97. The van der Waals surface area contributed by atoms with Crippen LogP contribution in [0, 0.1) is 24.0 Å². The van der Waals surface area contributed by atoms with Gasteiger partial charge in [-0.15, -0.1) is 0 Å². The molecule has 0 atom stereocenters. The molecule has 1 amide bonds. The van der Waals surface area contributed by atoms with Gasteiger partial charge in [0, 0.05) is 35.4 Å². The van der Waals surface area contributed by atoms with E-state index < -0.39 is 10.8 Å². The molecule has 0 aliphatic heterocycles. The van der Waals surface area contributed by atoms with E-state index in [-0.39, 0.29) is 12.2 Å². The van der Waals surface area contributed by atoms with E-state index in [0.29, 0.717) is 17.7 Å². The molecule has 0 fully saturated rings. The minimum Gasteiger partial charge on any atom is -0.496 e. The van der Waals surface area contributed by atoms with Crippen molar-refractivity contribution in [3.05, 3.63) is 75.1 Å². The maximum absolute atomic E-state index is 11.2. The second-order valence-corrected chi connectivity index (χ2v) is 6.79. The molecule has 29 heavy (non-hydrogen) atoms. The number of benzene rings is 2. The van der Waals surface area contributed by atoms with E-state index in [1.165, 1.54) is 12.1 Å². The molecule has 2 aromatic carbocycles. The van der Waals surface area contributed by atoms with Crippen LogP contribution in [-0.2, 0) is 17.8 Å². The molecule has 0 spiro atoms. The zero-order chi connectivity index (χ0) is 21.1. The number of nitro groups is 1. The number of methoxy groups -OCH3 is 1. The van der Waals surface area contributed by atoms with Crippen LogP contribution < -0.4 is 10.5 Å². The number of rotatable bonds is 7. The fraction of sp³-hybridized carbons (Fsp3) is 0.238. The van der Waals surface area contributed by atoms with Crippen LogP contribution >= 0.6 is 0 Å². The summed E-state index contributed by atoms with van der Waals surface area (Å²) in [5, 5.41) is 15.5. The first-order valence-electron chi connectivity index (χ1n) is 9.03. The number of carbonyl (C=O) groups excluding carboxylic acids is 1. The van der Waals surface area contributed by atoms with Crippen molar-refractivity contribution < 1.29 is 14.5 Å². The number of primary amides is 1. The van der Waals surface area contributed by atoms with Crippen LogP contribution in [0.25, 0.3) is 11.1 Å². The Morgan fingerprint density at radius 2 is 2.00 bits per heavy atom. The van der Waals surface area contributed by atoms with Gasteiger partial charge in [-0.1, -0.05) is 18.2 Å². The Hall–Kier alpha value is -3.68. The predicted molar refractivity (Wildman–Crippen MR) is 109 cm³/mol. The third-order valence-corrected chi connectivity index (χ3v) is 4.85. The van der Waals surface area contributed by atoms with E-state index in [0.717, 1.165) is 28.1 Å². The van der Waals surface area contributed by atoms with Crippen molar-refractivity contribution in [1.82, 2.24) is 9.78 Å². The lowest BCUT2D eigenvalue weighted by Gasteiger charge is -2.12. The SMILES string of the molecule is COc1ccc(Cc2c(C)nn(CC(N)=O)c2C)cc1-c1cccc([N+](=O)[O-])c1. The van der Waals surface area contributed by atoms with Gasteiger partial charge in [-0.2, -0.15) is 5.10 Å². The van der Waals surface area contributed by atoms with Crippen molar-refractivity contribution in [2.45, 2.75) is 26.8 Å². The standard InChI is InChI=1S/C21H22N4O4/c1-13-18(14(2)24(23-13)12-21(22)26)9-15-7-8-20(29-3)19(10-15)16-5-4-6-17(11-16)25(27)28/h4-8,10-11H,9,12H2,1-3H3,(H2,22,26). The summed E-state index contributed by atoms with van der Waals surface area (Å²) >= 11 is 0. The molecule has 0 unspecified atom stereocenters. The Bertz CT molecular complexity index is 1090. The maximum atomic E-state index is 11.2. The number of aromatic nitrogens is 2. The van der Waals surface area contributed by atoms with Crippen LogP contribution in [0.3, 0.4) is 0 Å². The van der Waals surface area contributed by atoms with Crippen molar-refractivity contribution in [2.24, 2.45) is 5.73 Å². The van der Waals surface area contributed by atoms with Crippen LogP contribution in [-0.4, -0.2) is 27.7 Å². The minimum absolute atomic E-state index is 0.0226. The Morgan fingerprint density at radius 1 is 1.24 bits per heavy atom. The molecule has 1 aromatic heterocycles. The Labute approximate surface area is 168 Å². The molecule has 0 aliphatic carbocycles. The third kappa shape index (κ3) is 4.26. The fourth-order valence-corrected chi connectivity index (χ4v) is 3.37. The molecule has 3 rings (SSSR count). The van der Waals surface area contributed by atoms with Gasteiger partial charge >= 0.3 is 0 Å². The first kappa shape index (κ1) is 20.1. The molecule has 0 saturated carbocycles. The minimum atomic E-state index is -0.445. The Kier molecular flexibility index (Phi) is 5.63. The van der Waals surface area contributed by atoms with Gasteiger partial charge in [0.25, 0.3) is 5.69 Å². The Balaban J connectivity index is 2.00. The van der Waals surface area contributed by atoms with Crippen molar-refractivity contribution >= 4 is 11.6 Å². The molecule has 0 saturated heterocycles. The van der Waals surface area contributed by atoms with Crippen molar-refractivity contribution in [1.29, 1.82) is 0 Å². The van der Waals surface area contributed by atoms with E-state index in [1.54, 1.807) is 17.9 Å². The second kappa shape index (κ2) is 8.14. The number of aryl methyl sites for hydroxylation is 1. The maximum Gasteiger partial charge on any atom is 0.270 e. The fourth-order valence-electron chi connectivity index (χ4n) is 3.37. The van der Waals surface area contributed by atoms with E-state index >= 15 is 0 Å². The van der Waals surface area contributed by atoms with Gasteiger partial charge in [-0.25, -0.2) is 0 Å². The predicted octanol–water partition coefficient (Wildman–Crippen LogP) is 3.16. The van der Waals surface area contributed by atoms with E-state index in [1.807, 2.05) is 38.1 Å². The molecule has 8 nitrogen and oxygen atoms in total. The molecule has 2 N–H and O–H groups in total. The topological polar surface area (TPSA) is 113 Å². The Morgan fingerprint density at radius 3 is 2.66 bits per heavy atom. The summed E-state index contributed by atoms with van der Waals surface area (Å²) in [5.41, 5.74) is 10.5. The number of non-ortho nitro benzene ring substituents is 1. The summed E-state index contributed by atoms with van der Waals surface area (Å²) < 4.78 is 7.07. The summed E-state index contributed by atoms with van der Waals surface area (Å²) in [6.45, 7) is 3.84. The number of ether oxygens (including phenoxy) is 1. The molecule has 8 heteroatoms. The van der Waals surface area contributed by atoms with E-state index in [9.17, 15) is 14.9 Å². The lowest BCUT2D eigenvalue weighted by molar-refractivity contribution is -0.384. The van der Waals surface area contributed by atoms with Gasteiger partial charge in [0.1, 0.15) is 12.3 Å². The number of carbonyl (C=O) groups is 1. The quantitative estimate of drug-likeness (QED) is 0.488. The smallest absolute Gasteiger partial charge is 0.270 e. The molecular formula is C21H22N4O4. The molecule has 0 bridgehead atoms. The summed E-state index contributed by atoms with van der Waals surface area (Å²) in [7, 11) is 1.57. The van der Waals surface area contributed by atoms with Gasteiger partial charge in [0.2, 0.25) is 5.91 Å². The van der Waals surface area contributed by atoms with Crippen LogP contribution in [0.1, 0.15) is 22.5 Å².